The van der Waals surface area contributed by atoms with Gasteiger partial charge in [0.25, 0.3) is 5.69 Å². The Kier molecular flexibility index (Phi) is 3.25. The van der Waals surface area contributed by atoms with Gasteiger partial charge in [-0.25, -0.2) is 4.90 Å². The first-order valence-corrected chi connectivity index (χ1v) is 8.36. The van der Waals surface area contributed by atoms with Crippen LogP contribution in [0.4, 0.5) is 11.4 Å². The molecule has 2 bridgehead atoms. The van der Waals surface area contributed by atoms with Crippen molar-refractivity contribution >= 4 is 39.1 Å². The Morgan fingerprint density at radius 2 is 2.00 bits per heavy atom. The number of halogens is 1. The Bertz CT molecular complexity index is 870. The number of nitro benzene ring substituents is 1. The lowest BCUT2D eigenvalue weighted by molar-refractivity contribution is -0.384. The Morgan fingerprint density at radius 3 is 2.64 bits per heavy atom. The summed E-state index contributed by atoms with van der Waals surface area (Å²) in [6.07, 6.45) is 3.29. The van der Waals surface area contributed by atoms with Gasteiger partial charge in [0.05, 0.1) is 29.0 Å². The fourth-order valence-electron chi connectivity index (χ4n) is 4.11. The summed E-state index contributed by atoms with van der Waals surface area (Å²) < 4.78 is 6.28. The number of nitrogens with zero attached hydrogens (tertiary/aromatic N) is 2. The summed E-state index contributed by atoms with van der Waals surface area (Å²) in [6.45, 7) is 1.23. The normalized spacial score (nSPS) is 35.6. The topological polar surface area (TPSA) is 110 Å². The smallest absolute Gasteiger partial charge is 0.294 e. The molecule has 4 atom stereocenters. The van der Waals surface area contributed by atoms with Crippen LogP contribution >= 0.6 is 15.9 Å². The molecule has 130 valence electrons. The average molecular weight is 409 g/mol. The summed E-state index contributed by atoms with van der Waals surface area (Å²) in [7, 11) is 0. The van der Waals surface area contributed by atoms with E-state index in [9.17, 15) is 24.8 Å². The lowest BCUT2D eigenvalue weighted by Crippen LogP contribution is -2.43. The predicted octanol–water partition coefficient (Wildman–Crippen LogP) is 1.55. The van der Waals surface area contributed by atoms with Crippen LogP contribution in [0, 0.1) is 22.0 Å². The van der Waals surface area contributed by atoms with E-state index in [4.69, 9.17) is 4.74 Å². The molecule has 0 radical (unpaired) electrons. The van der Waals surface area contributed by atoms with Crippen LogP contribution in [0.15, 0.2) is 34.8 Å². The number of imide groups is 1. The molecular weight excluding hydrogens is 396 g/mol. The number of aliphatic hydroxyl groups is 1. The molecule has 1 aromatic rings. The molecule has 25 heavy (non-hydrogen) atoms. The van der Waals surface area contributed by atoms with Crippen LogP contribution < -0.4 is 4.90 Å². The summed E-state index contributed by atoms with van der Waals surface area (Å²) in [6, 6.07) is 4.14. The maximum atomic E-state index is 13.0. The van der Waals surface area contributed by atoms with Crippen LogP contribution in [-0.4, -0.2) is 39.7 Å². The van der Waals surface area contributed by atoms with Crippen molar-refractivity contribution in [2.24, 2.45) is 11.8 Å². The van der Waals surface area contributed by atoms with Gasteiger partial charge in [0.1, 0.15) is 11.3 Å². The van der Waals surface area contributed by atoms with Crippen molar-refractivity contribution in [2.75, 3.05) is 11.5 Å². The highest BCUT2D eigenvalue weighted by Gasteiger charge is 2.72. The number of hydrogen-bond donors (Lipinski definition) is 1. The summed E-state index contributed by atoms with van der Waals surface area (Å²) in [5, 5.41) is 21.1. The predicted molar refractivity (Wildman–Crippen MR) is 88.7 cm³/mol. The number of fused-ring (bicyclic) bond motifs is 5. The highest BCUT2D eigenvalue weighted by molar-refractivity contribution is 9.10. The standard InChI is InChI=1S/C16H13BrN2O6/c1-15-4-5-16(7-20,25-15)12-11(15)13(21)18(14(12)22)9-3-2-8(17)6-10(9)19(23)24/h2-6,11-12,20H,7H2,1H3/t11-,12+,15-,16-/m0/s1. The fraction of sp³-hybridized carbons (Fsp3) is 0.375. The number of ether oxygens (including phenoxy) is 1. The lowest BCUT2D eigenvalue weighted by atomic mass is 9.73. The van der Waals surface area contributed by atoms with Crippen LogP contribution in [0.3, 0.4) is 0 Å². The maximum absolute atomic E-state index is 13.0. The molecule has 2 saturated heterocycles. The van der Waals surface area contributed by atoms with Crippen molar-refractivity contribution < 1.29 is 24.4 Å². The number of carbonyl (C=O) groups is 2. The van der Waals surface area contributed by atoms with Crippen LogP contribution in [-0.2, 0) is 14.3 Å². The molecule has 2 amide bonds. The summed E-state index contributed by atoms with van der Waals surface area (Å²) >= 11 is 3.15. The SMILES string of the molecule is C[C@@]12C=C[C@@](CO)(O1)[C@H]1C(=O)N(c3ccc(Br)cc3[N+](=O)[O-])C(=O)[C@H]12. The van der Waals surface area contributed by atoms with E-state index in [1.54, 1.807) is 19.1 Å². The van der Waals surface area contributed by atoms with Gasteiger partial charge in [-0.2, -0.15) is 0 Å². The Hall–Kier alpha value is -2.10. The molecule has 0 unspecified atom stereocenters. The van der Waals surface area contributed by atoms with Crippen LogP contribution in [0.5, 0.6) is 0 Å². The summed E-state index contributed by atoms with van der Waals surface area (Å²) in [5.41, 5.74) is -2.70. The van der Waals surface area contributed by atoms with Gasteiger partial charge < -0.3 is 9.84 Å². The molecule has 1 aromatic carbocycles. The number of amides is 2. The third-order valence-electron chi connectivity index (χ3n) is 5.18. The second kappa shape index (κ2) is 4.96. The molecule has 0 aliphatic carbocycles. The number of rotatable bonds is 3. The first-order chi connectivity index (χ1) is 11.7. The van der Waals surface area contributed by atoms with Crippen molar-refractivity contribution in [3.8, 4) is 0 Å². The Morgan fingerprint density at radius 1 is 1.32 bits per heavy atom. The minimum atomic E-state index is -1.26. The largest absolute Gasteiger partial charge is 0.393 e. The lowest BCUT2D eigenvalue weighted by Gasteiger charge is -2.26. The molecule has 0 aromatic heterocycles. The van der Waals surface area contributed by atoms with E-state index in [1.165, 1.54) is 18.2 Å². The second-order valence-corrected chi connectivity index (χ2v) is 7.51. The van der Waals surface area contributed by atoms with Crippen LogP contribution in [0.25, 0.3) is 0 Å². The maximum Gasteiger partial charge on any atom is 0.294 e. The molecule has 8 nitrogen and oxygen atoms in total. The van der Waals surface area contributed by atoms with E-state index in [0.717, 1.165) is 4.90 Å². The molecule has 1 N–H and O–H groups in total. The van der Waals surface area contributed by atoms with Crippen molar-refractivity contribution in [2.45, 2.75) is 18.1 Å². The summed E-state index contributed by atoms with van der Waals surface area (Å²) in [5.74, 6) is -2.87. The van der Waals surface area contributed by atoms with Crippen LogP contribution in [0.2, 0.25) is 0 Å². The van der Waals surface area contributed by atoms with E-state index in [0.29, 0.717) is 4.47 Å². The van der Waals surface area contributed by atoms with E-state index in [-0.39, 0.29) is 11.4 Å². The molecule has 3 heterocycles. The molecule has 3 aliphatic heterocycles. The number of anilines is 1. The number of aliphatic hydroxyl groups excluding tert-OH is 1. The Balaban J connectivity index is 1.85. The fourth-order valence-corrected chi connectivity index (χ4v) is 4.46. The molecule has 0 spiro atoms. The monoisotopic (exact) mass is 408 g/mol. The van der Waals surface area contributed by atoms with Gasteiger partial charge >= 0.3 is 0 Å². The van der Waals surface area contributed by atoms with Gasteiger partial charge in [0.15, 0.2) is 0 Å². The number of carbonyl (C=O) groups excluding carboxylic acids is 2. The first-order valence-electron chi connectivity index (χ1n) is 7.57. The van der Waals surface area contributed by atoms with Crippen molar-refractivity contribution in [3.63, 3.8) is 0 Å². The van der Waals surface area contributed by atoms with E-state index in [2.05, 4.69) is 15.9 Å². The van der Waals surface area contributed by atoms with E-state index < -0.39 is 46.4 Å². The number of hydrogen-bond acceptors (Lipinski definition) is 6. The Labute approximate surface area is 150 Å². The average Bonchev–Trinajstić information content (AvgIpc) is 3.14. The number of benzene rings is 1. The number of nitro groups is 1. The second-order valence-electron chi connectivity index (χ2n) is 6.59. The zero-order chi connectivity index (χ0) is 18.1. The van der Waals surface area contributed by atoms with Gasteiger partial charge in [-0.15, -0.1) is 0 Å². The van der Waals surface area contributed by atoms with Gasteiger partial charge in [-0.3, -0.25) is 19.7 Å². The van der Waals surface area contributed by atoms with Crippen molar-refractivity contribution in [3.05, 3.63) is 44.9 Å². The zero-order valence-corrected chi connectivity index (χ0v) is 14.6. The van der Waals surface area contributed by atoms with Crippen molar-refractivity contribution in [1.82, 2.24) is 0 Å². The van der Waals surface area contributed by atoms with Gasteiger partial charge in [0.2, 0.25) is 11.8 Å². The van der Waals surface area contributed by atoms with E-state index >= 15 is 0 Å². The molecule has 9 heteroatoms. The third-order valence-corrected chi connectivity index (χ3v) is 5.67. The van der Waals surface area contributed by atoms with E-state index in [1.807, 2.05) is 0 Å². The molecule has 3 aliphatic rings. The third kappa shape index (κ3) is 1.94. The quantitative estimate of drug-likeness (QED) is 0.351. The van der Waals surface area contributed by atoms with Crippen LogP contribution in [0.1, 0.15) is 6.92 Å². The molecular formula is C16H13BrN2O6. The minimum absolute atomic E-state index is 0.0753. The van der Waals surface area contributed by atoms with Gasteiger partial charge in [-0.05, 0) is 19.1 Å². The highest BCUT2D eigenvalue weighted by Crippen LogP contribution is 2.58. The first kappa shape index (κ1) is 16.4. The van der Waals surface area contributed by atoms with Gasteiger partial charge in [-0.1, -0.05) is 28.1 Å². The molecule has 0 saturated carbocycles. The van der Waals surface area contributed by atoms with Crippen molar-refractivity contribution in [1.29, 1.82) is 0 Å². The molecule has 4 rings (SSSR count). The van der Waals surface area contributed by atoms with Gasteiger partial charge in [0, 0.05) is 10.5 Å². The zero-order valence-electron chi connectivity index (χ0n) is 13.0. The highest BCUT2D eigenvalue weighted by atomic mass is 79.9. The molecule has 2 fully saturated rings. The minimum Gasteiger partial charge on any atom is -0.393 e. The summed E-state index contributed by atoms with van der Waals surface area (Å²) in [4.78, 5) is 37.6.